The summed E-state index contributed by atoms with van der Waals surface area (Å²) >= 11 is 0. The summed E-state index contributed by atoms with van der Waals surface area (Å²) in [5, 5.41) is 2.96. The first-order valence-corrected chi connectivity index (χ1v) is 10.3. The summed E-state index contributed by atoms with van der Waals surface area (Å²) in [5.74, 6) is 6.78. The molecule has 1 saturated heterocycles. The SMILES string of the molecule is Cc1ccc(-c2ccc(C#Cc3cccnc3)cc2)nc1NC(=O)CN1CCOCC1. The van der Waals surface area contributed by atoms with Crippen LogP contribution in [0.4, 0.5) is 5.82 Å². The quantitative estimate of drug-likeness (QED) is 0.667. The molecule has 0 radical (unpaired) electrons. The van der Waals surface area contributed by atoms with Crippen molar-refractivity contribution < 1.29 is 9.53 Å². The van der Waals surface area contributed by atoms with E-state index in [0.29, 0.717) is 25.6 Å². The predicted octanol–water partition coefficient (Wildman–Crippen LogP) is 3.12. The highest BCUT2D eigenvalue weighted by molar-refractivity contribution is 5.92. The number of nitrogens with one attached hydrogen (secondary N) is 1. The Morgan fingerprint density at radius 2 is 1.84 bits per heavy atom. The summed E-state index contributed by atoms with van der Waals surface area (Å²) in [6, 6.07) is 15.7. The van der Waals surface area contributed by atoms with Crippen molar-refractivity contribution in [3.05, 3.63) is 77.6 Å². The number of benzene rings is 1. The van der Waals surface area contributed by atoms with Crippen LogP contribution in [-0.2, 0) is 9.53 Å². The minimum absolute atomic E-state index is 0.0596. The second-order valence-corrected chi connectivity index (χ2v) is 7.37. The standard InChI is InChI=1S/C25H24N4O2/c1-19-4-11-23(27-25(19)28-24(30)18-29-13-15-31-16-14-29)22-9-7-20(8-10-22)5-6-21-3-2-12-26-17-21/h2-4,7-12,17H,13-16,18H2,1H3,(H,27,28,30). The van der Waals surface area contributed by atoms with Gasteiger partial charge in [0.2, 0.25) is 5.91 Å². The van der Waals surface area contributed by atoms with E-state index >= 15 is 0 Å². The number of pyridine rings is 2. The summed E-state index contributed by atoms with van der Waals surface area (Å²) in [5.41, 5.74) is 4.50. The molecular formula is C25H24N4O2. The molecule has 4 rings (SSSR count). The van der Waals surface area contributed by atoms with Crippen LogP contribution in [0.5, 0.6) is 0 Å². The Kier molecular flexibility index (Phi) is 6.68. The fourth-order valence-corrected chi connectivity index (χ4v) is 3.26. The molecule has 156 valence electrons. The van der Waals surface area contributed by atoms with E-state index in [0.717, 1.165) is 41.0 Å². The monoisotopic (exact) mass is 412 g/mol. The van der Waals surface area contributed by atoms with Crippen LogP contribution in [0.2, 0.25) is 0 Å². The number of carbonyl (C=O) groups is 1. The predicted molar refractivity (Wildman–Crippen MR) is 121 cm³/mol. The van der Waals surface area contributed by atoms with Crippen LogP contribution in [0.1, 0.15) is 16.7 Å². The van der Waals surface area contributed by atoms with Crippen LogP contribution in [-0.4, -0.2) is 53.6 Å². The highest BCUT2D eigenvalue weighted by Gasteiger charge is 2.15. The van der Waals surface area contributed by atoms with Crippen LogP contribution < -0.4 is 5.32 Å². The Morgan fingerprint density at radius 1 is 1.06 bits per heavy atom. The second kappa shape index (κ2) is 9.98. The minimum Gasteiger partial charge on any atom is -0.379 e. The average molecular weight is 412 g/mol. The van der Waals surface area contributed by atoms with Gasteiger partial charge >= 0.3 is 0 Å². The smallest absolute Gasteiger partial charge is 0.239 e. The molecule has 0 unspecified atom stereocenters. The van der Waals surface area contributed by atoms with Crippen LogP contribution in [0, 0.1) is 18.8 Å². The zero-order valence-electron chi connectivity index (χ0n) is 17.5. The van der Waals surface area contributed by atoms with Crippen LogP contribution in [0.3, 0.4) is 0 Å². The maximum atomic E-state index is 12.5. The Balaban J connectivity index is 1.45. The van der Waals surface area contributed by atoms with Gasteiger partial charge in [0.05, 0.1) is 25.5 Å². The van der Waals surface area contributed by atoms with E-state index in [1.54, 1.807) is 12.4 Å². The van der Waals surface area contributed by atoms with Crippen molar-refractivity contribution in [3.8, 4) is 23.1 Å². The molecule has 0 saturated carbocycles. The van der Waals surface area contributed by atoms with Crippen molar-refractivity contribution in [2.75, 3.05) is 38.2 Å². The van der Waals surface area contributed by atoms with Crippen molar-refractivity contribution in [2.24, 2.45) is 0 Å². The van der Waals surface area contributed by atoms with E-state index in [-0.39, 0.29) is 5.91 Å². The van der Waals surface area contributed by atoms with Gasteiger partial charge in [0.15, 0.2) is 0 Å². The fraction of sp³-hybridized carbons (Fsp3) is 0.240. The van der Waals surface area contributed by atoms with Gasteiger partial charge < -0.3 is 10.1 Å². The number of hydrogen-bond donors (Lipinski definition) is 1. The molecule has 1 amide bonds. The fourth-order valence-electron chi connectivity index (χ4n) is 3.26. The van der Waals surface area contributed by atoms with E-state index in [9.17, 15) is 4.79 Å². The summed E-state index contributed by atoms with van der Waals surface area (Å²) < 4.78 is 5.33. The van der Waals surface area contributed by atoms with Crippen molar-refractivity contribution in [1.82, 2.24) is 14.9 Å². The maximum Gasteiger partial charge on any atom is 0.239 e. The lowest BCUT2D eigenvalue weighted by atomic mass is 10.1. The molecule has 1 aromatic carbocycles. The van der Waals surface area contributed by atoms with Crippen LogP contribution in [0.25, 0.3) is 11.3 Å². The Morgan fingerprint density at radius 3 is 2.58 bits per heavy atom. The minimum atomic E-state index is -0.0596. The maximum absolute atomic E-state index is 12.5. The van der Waals surface area contributed by atoms with Crippen molar-refractivity contribution >= 4 is 11.7 Å². The molecule has 6 nitrogen and oxygen atoms in total. The third kappa shape index (κ3) is 5.76. The van der Waals surface area contributed by atoms with Gasteiger partial charge in [-0.25, -0.2) is 4.98 Å². The molecule has 1 aliphatic heterocycles. The molecule has 31 heavy (non-hydrogen) atoms. The number of carbonyl (C=O) groups excluding carboxylic acids is 1. The first-order chi connectivity index (χ1) is 15.2. The highest BCUT2D eigenvalue weighted by atomic mass is 16.5. The van der Waals surface area contributed by atoms with Crippen LogP contribution >= 0.6 is 0 Å². The number of amides is 1. The Labute approximate surface area is 182 Å². The van der Waals surface area contributed by atoms with Crippen LogP contribution in [0.15, 0.2) is 60.9 Å². The number of aryl methyl sites for hydroxylation is 1. The zero-order chi connectivity index (χ0) is 21.5. The van der Waals surface area contributed by atoms with Crippen molar-refractivity contribution in [1.29, 1.82) is 0 Å². The summed E-state index contributed by atoms with van der Waals surface area (Å²) in [7, 11) is 0. The van der Waals surface area contributed by atoms with Gasteiger partial charge in [-0.3, -0.25) is 14.7 Å². The number of rotatable bonds is 4. The van der Waals surface area contributed by atoms with Crippen molar-refractivity contribution in [3.63, 3.8) is 0 Å². The van der Waals surface area contributed by atoms with Gasteiger partial charge in [-0.1, -0.05) is 30.0 Å². The van der Waals surface area contributed by atoms with Gasteiger partial charge in [0, 0.05) is 42.2 Å². The topological polar surface area (TPSA) is 67.4 Å². The highest BCUT2D eigenvalue weighted by Crippen LogP contribution is 2.22. The molecule has 1 aliphatic rings. The summed E-state index contributed by atoms with van der Waals surface area (Å²) in [4.78, 5) is 23.3. The molecule has 2 aromatic heterocycles. The molecule has 1 N–H and O–H groups in total. The number of hydrogen-bond acceptors (Lipinski definition) is 5. The second-order valence-electron chi connectivity index (χ2n) is 7.37. The number of anilines is 1. The lowest BCUT2D eigenvalue weighted by Crippen LogP contribution is -2.41. The lowest BCUT2D eigenvalue weighted by molar-refractivity contribution is -0.118. The summed E-state index contributed by atoms with van der Waals surface area (Å²) in [6.07, 6.45) is 3.47. The van der Waals surface area contributed by atoms with E-state index < -0.39 is 0 Å². The first kappa shape index (κ1) is 20.7. The average Bonchev–Trinajstić information content (AvgIpc) is 2.81. The lowest BCUT2D eigenvalue weighted by Gasteiger charge is -2.25. The van der Waals surface area contributed by atoms with Crippen molar-refractivity contribution in [2.45, 2.75) is 6.92 Å². The van der Waals surface area contributed by atoms with Gasteiger partial charge in [-0.2, -0.15) is 0 Å². The molecule has 1 fully saturated rings. The molecule has 0 atom stereocenters. The van der Waals surface area contributed by atoms with E-state index in [2.05, 4.69) is 32.0 Å². The number of aromatic nitrogens is 2. The van der Waals surface area contributed by atoms with Gasteiger partial charge in [-0.15, -0.1) is 0 Å². The normalized spacial score (nSPS) is 13.8. The molecule has 3 aromatic rings. The zero-order valence-corrected chi connectivity index (χ0v) is 17.5. The molecule has 0 spiro atoms. The third-order valence-electron chi connectivity index (χ3n) is 5.02. The molecule has 0 aliphatic carbocycles. The molecular weight excluding hydrogens is 388 g/mol. The number of ether oxygens (including phenoxy) is 1. The Hall–Kier alpha value is -3.53. The molecule has 3 heterocycles. The van der Waals surface area contributed by atoms with Gasteiger partial charge in [0.1, 0.15) is 5.82 Å². The summed E-state index contributed by atoms with van der Waals surface area (Å²) in [6.45, 7) is 5.17. The molecule has 6 heteroatoms. The van der Waals surface area contributed by atoms with E-state index in [1.807, 2.05) is 55.5 Å². The number of morpholine rings is 1. The van der Waals surface area contributed by atoms with E-state index in [4.69, 9.17) is 4.74 Å². The largest absolute Gasteiger partial charge is 0.379 e. The first-order valence-electron chi connectivity index (χ1n) is 10.3. The van der Waals surface area contributed by atoms with E-state index in [1.165, 1.54) is 0 Å². The van der Waals surface area contributed by atoms with Gasteiger partial charge in [0.25, 0.3) is 0 Å². The third-order valence-corrected chi connectivity index (χ3v) is 5.02. The molecule has 0 bridgehead atoms. The van der Waals surface area contributed by atoms with Gasteiger partial charge in [-0.05, 0) is 42.8 Å². The number of nitrogens with zero attached hydrogens (tertiary/aromatic N) is 3. The Bertz CT molecular complexity index is 1100.